The van der Waals surface area contributed by atoms with Crippen LogP contribution in [0.25, 0.3) is 32.6 Å². The highest BCUT2D eigenvalue weighted by Crippen LogP contribution is 2.35. The van der Waals surface area contributed by atoms with Crippen LogP contribution in [0.4, 0.5) is 17.5 Å². The summed E-state index contributed by atoms with van der Waals surface area (Å²) in [5.41, 5.74) is 10.1. The van der Waals surface area contributed by atoms with Gasteiger partial charge in [0.15, 0.2) is 5.82 Å². The zero-order valence-corrected chi connectivity index (χ0v) is 28.6. The molecule has 0 fully saturated rings. The van der Waals surface area contributed by atoms with Crippen LogP contribution in [0.15, 0.2) is 90.6 Å². The Morgan fingerprint density at radius 1 is 0.816 bits per heavy atom. The maximum atomic E-state index is 9.19. The van der Waals surface area contributed by atoms with Gasteiger partial charge in [0.2, 0.25) is 11.8 Å². The lowest BCUT2D eigenvalue weighted by Gasteiger charge is -2.12. The van der Waals surface area contributed by atoms with Gasteiger partial charge in [0, 0.05) is 28.9 Å². The van der Waals surface area contributed by atoms with E-state index in [0.29, 0.717) is 35.7 Å². The minimum atomic E-state index is -3.67. The molecule has 4 heterocycles. The van der Waals surface area contributed by atoms with E-state index in [9.17, 15) is 16.8 Å². The number of pyridine rings is 1. The van der Waals surface area contributed by atoms with Crippen LogP contribution in [-0.2, 0) is 20.2 Å². The van der Waals surface area contributed by atoms with Crippen LogP contribution in [0.1, 0.15) is 5.56 Å². The number of hydrogen-bond donors (Lipinski definition) is 4. The molecule has 16 nitrogen and oxygen atoms in total. The first kappa shape index (κ1) is 40.0. The highest BCUT2D eigenvalue weighted by atomic mass is 32.2. The average molecular weight is 732 g/mol. The first-order chi connectivity index (χ1) is 22.1. The predicted octanol–water partition coefficient (Wildman–Crippen LogP) is 4.00. The largest absolute Gasteiger partial charge is 0.438 e. The van der Waals surface area contributed by atoms with E-state index in [1.54, 1.807) is 29.8 Å². The Morgan fingerprint density at radius 3 is 2.04 bits per heavy atom. The van der Waals surface area contributed by atoms with Crippen molar-refractivity contribution in [2.24, 2.45) is 0 Å². The molecule has 6 aromatic rings. The highest BCUT2D eigenvalue weighted by molar-refractivity contribution is 7.85. The van der Waals surface area contributed by atoms with Gasteiger partial charge in [0.25, 0.3) is 20.2 Å². The molecule has 19 heteroatoms. The number of fused-ring (bicyclic) bond motifs is 1. The van der Waals surface area contributed by atoms with Crippen LogP contribution in [0.2, 0.25) is 0 Å². The van der Waals surface area contributed by atoms with Crippen molar-refractivity contribution < 1.29 is 41.6 Å². The molecule has 0 amide bonds. The normalized spacial score (nSPS) is 10.6. The predicted molar refractivity (Wildman–Crippen MR) is 189 cm³/mol. The molecule has 0 radical (unpaired) electrons. The maximum absolute atomic E-state index is 9.19. The zero-order valence-electron chi connectivity index (χ0n) is 26.1. The first-order valence-corrected chi connectivity index (χ1v) is 18.0. The van der Waals surface area contributed by atoms with Crippen molar-refractivity contribution in [1.82, 2.24) is 25.1 Å². The van der Waals surface area contributed by atoms with Crippen molar-refractivity contribution in [3.05, 3.63) is 96.1 Å². The SMILES string of the molecule is CS(=O)(=O)O.CS(=O)(=O)O.Cc1csc(-c2nnc(Nc3ccc(Oc4ncccc4-c4ccnc(N)n4)cc3)c3ccccc23)c1.O.O. The van der Waals surface area contributed by atoms with E-state index in [1.165, 1.54) is 5.56 Å². The van der Waals surface area contributed by atoms with Gasteiger partial charge >= 0.3 is 0 Å². The number of anilines is 3. The summed E-state index contributed by atoms with van der Waals surface area (Å²) in [7, 11) is -7.33. The van der Waals surface area contributed by atoms with Crippen molar-refractivity contribution in [2.75, 3.05) is 23.6 Å². The Morgan fingerprint density at radius 2 is 1.45 bits per heavy atom. The van der Waals surface area contributed by atoms with Crippen LogP contribution in [0.3, 0.4) is 0 Å². The molecular formula is C30H33N7O9S3. The fraction of sp³-hybridized carbons (Fsp3) is 0.100. The van der Waals surface area contributed by atoms with E-state index in [0.717, 1.165) is 32.6 Å². The quantitative estimate of drug-likeness (QED) is 0.176. The second-order valence-corrected chi connectivity index (χ2v) is 13.6. The minimum Gasteiger partial charge on any atom is -0.438 e. The second-order valence-electron chi connectivity index (χ2n) is 9.80. The monoisotopic (exact) mass is 731 g/mol. The van der Waals surface area contributed by atoms with Gasteiger partial charge in [-0.2, -0.15) is 16.8 Å². The van der Waals surface area contributed by atoms with E-state index in [1.807, 2.05) is 48.5 Å². The summed E-state index contributed by atoms with van der Waals surface area (Å²) in [6.45, 7) is 2.08. The van der Waals surface area contributed by atoms with Crippen molar-refractivity contribution in [1.29, 1.82) is 0 Å². The third-order valence-corrected chi connectivity index (χ3v) is 6.76. The van der Waals surface area contributed by atoms with Gasteiger partial charge in [-0.05, 0) is 66.4 Å². The summed E-state index contributed by atoms with van der Waals surface area (Å²) in [5.74, 6) is 1.94. The molecule has 0 saturated carbocycles. The molecule has 0 aliphatic rings. The lowest BCUT2D eigenvalue weighted by atomic mass is 10.1. The van der Waals surface area contributed by atoms with Crippen LogP contribution < -0.4 is 15.8 Å². The summed E-state index contributed by atoms with van der Waals surface area (Å²) in [4.78, 5) is 13.7. The number of hydrogen-bond acceptors (Lipinski definition) is 13. The van der Waals surface area contributed by atoms with Crippen LogP contribution >= 0.6 is 11.3 Å². The number of thiophene rings is 1. The number of nitrogen functional groups attached to an aromatic ring is 1. The van der Waals surface area contributed by atoms with Crippen molar-refractivity contribution >= 4 is 59.8 Å². The summed E-state index contributed by atoms with van der Waals surface area (Å²) in [5, 5.41) is 16.6. The van der Waals surface area contributed by atoms with E-state index in [2.05, 4.69) is 61.0 Å². The fourth-order valence-electron chi connectivity index (χ4n) is 3.98. The van der Waals surface area contributed by atoms with E-state index in [-0.39, 0.29) is 16.9 Å². The van der Waals surface area contributed by atoms with Gasteiger partial charge in [0.05, 0.1) is 28.6 Å². The number of aryl methyl sites for hydroxylation is 1. The van der Waals surface area contributed by atoms with Crippen molar-refractivity contribution in [3.63, 3.8) is 0 Å². The average Bonchev–Trinajstić information content (AvgIpc) is 3.43. The van der Waals surface area contributed by atoms with Gasteiger partial charge in [-0.15, -0.1) is 21.5 Å². The van der Waals surface area contributed by atoms with E-state index >= 15 is 0 Å². The van der Waals surface area contributed by atoms with Gasteiger partial charge in [-0.25, -0.2) is 15.0 Å². The van der Waals surface area contributed by atoms with Gasteiger partial charge < -0.3 is 26.7 Å². The Balaban J connectivity index is 0.000000614. The summed E-state index contributed by atoms with van der Waals surface area (Å²) in [6.07, 6.45) is 4.71. The van der Waals surface area contributed by atoms with Crippen molar-refractivity contribution in [3.8, 4) is 33.5 Å². The fourth-order valence-corrected chi connectivity index (χ4v) is 4.88. The number of aromatic nitrogens is 5. The number of ether oxygens (including phenoxy) is 1. The van der Waals surface area contributed by atoms with Gasteiger partial charge in [-0.1, -0.05) is 24.3 Å². The second kappa shape index (κ2) is 17.3. The number of nitrogens with two attached hydrogens (primary N) is 1. The molecule has 9 N–H and O–H groups in total. The molecule has 0 aliphatic heterocycles. The summed E-state index contributed by atoms with van der Waals surface area (Å²) >= 11 is 1.67. The number of benzene rings is 2. The van der Waals surface area contributed by atoms with Crippen LogP contribution in [0, 0.1) is 6.92 Å². The third-order valence-electron chi connectivity index (χ3n) is 5.70. The Bertz CT molecular complexity index is 2170. The molecule has 49 heavy (non-hydrogen) atoms. The Labute approximate surface area is 285 Å². The number of nitrogens with zero attached hydrogens (tertiary/aromatic N) is 5. The molecule has 0 unspecified atom stereocenters. The van der Waals surface area contributed by atoms with E-state index < -0.39 is 20.2 Å². The molecule has 0 spiro atoms. The smallest absolute Gasteiger partial charge is 0.261 e. The molecular weight excluding hydrogens is 699 g/mol. The Hall–Kier alpha value is -5.15. The molecule has 0 atom stereocenters. The minimum absolute atomic E-state index is 0. The topological polar surface area (TPSA) is 283 Å². The highest BCUT2D eigenvalue weighted by Gasteiger charge is 2.14. The molecule has 4 aromatic heterocycles. The van der Waals surface area contributed by atoms with Crippen molar-refractivity contribution in [2.45, 2.75) is 6.92 Å². The maximum Gasteiger partial charge on any atom is 0.261 e. The zero-order chi connectivity index (χ0) is 34.2. The van der Waals surface area contributed by atoms with Gasteiger partial charge in [0.1, 0.15) is 11.4 Å². The van der Waals surface area contributed by atoms with Crippen LogP contribution in [0.5, 0.6) is 11.6 Å². The standard InChI is InChI=1S/C28H21N7OS.2CH4O3S.2H2O/c1-17-15-24(37-16-17)25-20-5-2-3-6-21(20)26(35-34-25)32-18-8-10-19(11-9-18)36-27-22(7-4-13-30-27)23-12-14-31-28(29)33-23;2*1-5(2,3)4;;/h2-16H,1H3,(H,32,35)(H2,29,31,33);2*1H3,(H,2,3,4);2*1H2. The molecule has 6 rings (SSSR count). The summed E-state index contributed by atoms with van der Waals surface area (Å²) < 4.78 is 57.8. The van der Waals surface area contributed by atoms with Gasteiger partial charge in [-0.3, -0.25) is 9.11 Å². The summed E-state index contributed by atoms with van der Waals surface area (Å²) in [6, 6.07) is 23.3. The number of nitrogens with one attached hydrogen (secondary N) is 1. The molecule has 0 saturated heterocycles. The molecule has 0 aliphatic carbocycles. The van der Waals surface area contributed by atoms with Crippen LogP contribution in [-0.4, -0.2) is 74.6 Å². The van der Waals surface area contributed by atoms with E-state index in [4.69, 9.17) is 19.6 Å². The third kappa shape index (κ3) is 12.8. The lowest BCUT2D eigenvalue weighted by molar-refractivity contribution is 0.465. The first-order valence-electron chi connectivity index (χ1n) is 13.4. The molecule has 0 bridgehead atoms. The lowest BCUT2D eigenvalue weighted by Crippen LogP contribution is -1.99. The number of rotatable bonds is 6. The molecule has 2 aromatic carbocycles. The Kier molecular flexibility index (Phi) is 14.1. The molecule has 260 valence electrons.